The maximum Gasteiger partial charge on any atom is 0.186 e. The molecule has 0 bridgehead atoms. The number of hydrogen-bond acceptors (Lipinski definition) is 4. The second-order valence-corrected chi connectivity index (χ2v) is 9.18. The fourth-order valence-corrected chi connectivity index (χ4v) is 5.27. The summed E-state index contributed by atoms with van der Waals surface area (Å²) in [6, 6.07) is 9.01. The highest BCUT2D eigenvalue weighted by Crippen LogP contribution is 2.46. The molecule has 0 spiro atoms. The third-order valence-corrected chi connectivity index (χ3v) is 6.98. The zero-order valence-corrected chi connectivity index (χ0v) is 17.4. The Bertz CT molecular complexity index is 1140. The van der Waals surface area contributed by atoms with Crippen molar-refractivity contribution in [2.24, 2.45) is 0 Å². The molecule has 3 heterocycles. The average Bonchev–Trinajstić information content (AvgIpc) is 3.43. The quantitative estimate of drug-likeness (QED) is 0.605. The Kier molecular flexibility index (Phi) is 4.59. The van der Waals surface area contributed by atoms with Crippen molar-refractivity contribution < 1.29 is 13.2 Å². The molecule has 155 valence electrons. The Hall–Kier alpha value is -2.45. The van der Waals surface area contributed by atoms with Crippen LogP contribution in [0.3, 0.4) is 0 Å². The van der Waals surface area contributed by atoms with Gasteiger partial charge < -0.3 is 4.98 Å². The summed E-state index contributed by atoms with van der Waals surface area (Å²) in [7, 11) is 0. The van der Waals surface area contributed by atoms with Crippen molar-refractivity contribution in [1.29, 1.82) is 0 Å². The van der Waals surface area contributed by atoms with Gasteiger partial charge in [0.15, 0.2) is 11.6 Å². The zero-order chi connectivity index (χ0) is 21.0. The summed E-state index contributed by atoms with van der Waals surface area (Å²) in [5, 5.41) is 4.33. The van der Waals surface area contributed by atoms with Gasteiger partial charge in [-0.15, -0.1) is 0 Å². The predicted molar refractivity (Wildman–Crippen MR) is 111 cm³/mol. The van der Waals surface area contributed by atoms with Gasteiger partial charge in [0.25, 0.3) is 0 Å². The van der Waals surface area contributed by atoms with Crippen molar-refractivity contribution in [2.45, 2.75) is 37.6 Å². The van der Waals surface area contributed by atoms with Gasteiger partial charge in [0.2, 0.25) is 0 Å². The minimum Gasteiger partial charge on any atom is -0.340 e. The van der Waals surface area contributed by atoms with E-state index in [2.05, 4.69) is 40.0 Å². The number of thioether (sulfide) groups is 1. The molecule has 0 saturated carbocycles. The van der Waals surface area contributed by atoms with Crippen molar-refractivity contribution >= 4 is 27.7 Å². The van der Waals surface area contributed by atoms with Gasteiger partial charge in [-0.25, -0.2) is 23.2 Å². The molecule has 1 N–H and O–H groups in total. The molecule has 2 aromatic carbocycles. The highest BCUT2D eigenvalue weighted by Gasteiger charge is 2.46. The van der Waals surface area contributed by atoms with Crippen LogP contribution in [0.25, 0.3) is 15.9 Å². The molecule has 30 heavy (non-hydrogen) atoms. The highest BCUT2D eigenvalue weighted by molar-refractivity contribution is 8.09. The number of hydrogen-bond donors (Lipinski definition) is 1. The summed E-state index contributed by atoms with van der Waals surface area (Å²) < 4.78 is 41.2. The number of imidazole rings is 1. The number of halogens is 3. The van der Waals surface area contributed by atoms with E-state index < -0.39 is 17.2 Å². The van der Waals surface area contributed by atoms with Crippen LogP contribution in [0, 0.1) is 23.7 Å². The molecule has 1 saturated heterocycles. The van der Waals surface area contributed by atoms with Crippen LogP contribution in [0.1, 0.15) is 38.1 Å². The topological polar surface area (TPSA) is 35.2 Å². The molecule has 1 aromatic heterocycles. The summed E-state index contributed by atoms with van der Waals surface area (Å²) in [5.74, 6) is -1.50. The molecule has 0 aliphatic carbocycles. The second-order valence-electron chi connectivity index (χ2n) is 7.85. The van der Waals surface area contributed by atoms with Crippen LogP contribution in [0.2, 0.25) is 0 Å². The Labute approximate surface area is 176 Å². The van der Waals surface area contributed by atoms with Gasteiger partial charge in [0, 0.05) is 11.4 Å². The molecule has 5 rings (SSSR count). The molecular weight excluding hydrogens is 409 g/mol. The summed E-state index contributed by atoms with van der Waals surface area (Å²) in [5.41, 5.74) is 0.904. The summed E-state index contributed by atoms with van der Waals surface area (Å²) >= 11 is 1.65. The third kappa shape index (κ3) is 3.01. The van der Waals surface area contributed by atoms with E-state index in [1.165, 1.54) is 18.2 Å². The van der Waals surface area contributed by atoms with Crippen LogP contribution in [0.15, 0.2) is 36.4 Å². The van der Waals surface area contributed by atoms with Crippen molar-refractivity contribution in [1.82, 2.24) is 20.0 Å². The first-order chi connectivity index (χ1) is 14.4. The average molecular weight is 429 g/mol. The lowest BCUT2D eigenvalue weighted by Crippen LogP contribution is -2.50. The van der Waals surface area contributed by atoms with Crippen molar-refractivity contribution in [3.05, 3.63) is 71.4 Å². The van der Waals surface area contributed by atoms with Crippen LogP contribution in [-0.2, 0) is 5.54 Å². The number of H-pyrrole nitrogens is 1. The number of hydrazine groups is 1. The van der Waals surface area contributed by atoms with E-state index in [-0.39, 0.29) is 16.7 Å². The molecule has 0 amide bonds. The molecule has 2 atom stereocenters. The first-order valence-corrected chi connectivity index (χ1v) is 10.7. The second kappa shape index (κ2) is 7.06. The third-order valence-electron chi connectivity index (χ3n) is 5.87. The monoisotopic (exact) mass is 429 g/mol. The molecular formula is C22H20F3N4S. The van der Waals surface area contributed by atoms with E-state index >= 15 is 0 Å². The van der Waals surface area contributed by atoms with Crippen LogP contribution in [0.4, 0.5) is 13.2 Å². The lowest BCUT2D eigenvalue weighted by Gasteiger charge is -2.41. The van der Waals surface area contributed by atoms with E-state index in [4.69, 9.17) is 0 Å². The minimum absolute atomic E-state index is 0.0217. The first-order valence-electron chi connectivity index (χ1n) is 9.84. The van der Waals surface area contributed by atoms with E-state index in [1.54, 1.807) is 23.9 Å². The molecule has 1 unspecified atom stereocenters. The number of aromatic nitrogens is 2. The van der Waals surface area contributed by atoms with E-state index in [1.807, 2.05) is 0 Å². The largest absolute Gasteiger partial charge is 0.340 e. The predicted octanol–water partition coefficient (Wildman–Crippen LogP) is 5.40. The van der Waals surface area contributed by atoms with Gasteiger partial charge in [-0.2, -0.15) is 0 Å². The van der Waals surface area contributed by atoms with Crippen molar-refractivity contribution in [3.63, 3.8) is 0 Å². The number of benzene rings is 2. The smallest absolute Gasteiger partial charge is 0.186 e. The molecule has 2 aliphatic rings. The Morgan fingerprint density at radius 1 is 1.17 bits per heavy atom. The van der Waals surface area contributed by atoms with E-state index in [9.17, 15) is 13.2 Å². The summed E-state index contributed by atoms with van der Waals surface area (Å²) in [4.78, 5) is 8.57. The number of fused-ring (bicyclic) bond motifs is 1. The van der Waals surface area contributed by atoms with Crippen LogP contribution in [0.5, 0.6) is 0 Å². The Morgan fingerprint density at radius 2 is 1.93 bits per heavy atom. The van der Waals surface area contributed by atoms with Crippen molar-refractivity contribution in [2.75, 3.05) is 6.54 Å². The van der Waals surface area contributed by atoms with Gasteiger partial charge in [0.05, 0.1) is 22.6 Å². The maximum absolute atomic E-state index is 14.2. The lowest BCUT2D eigenvalue weighted by molar-refractivity contribution is -0.0558. The molecule has 8 heteroatoms. The van der Waals surface area contributed by atoms with Gasteiger partial charge in [-0.05, 0) is 56.5 Å². The van der Waals surface area contributed by atoms with E-state index in [0.717, 1.165) is 35.9 Å². The molecule has 1 radical (unpaired) electrons. The normalized spacial score (nSPS) is 24.8. The highest BCUT2D eigenvalue weighted by atomic mass is 32.2. The zero-order valence-electron chi connectivity index (χ0n) is 16.5. The summed E-state index contributed by atoms with van der Waals surface area (Å²) in [6.07, 6.45) is 5.19. The van der Waals surface area contributed by atoms with Gasteiger partial charge in [0.1, 0.15) is 17.2 Å². The van der Waals surface area contributed by atoms with Gasteiger partial charge >= 0.3 is 0 Å². The fraction of sp³-hybridized carbons (Fsp3) is 0.318. The first kappa shape index (κ1) is 19.5. The van der Waals surface area contributed by atoms with E-state index in [0.29, 0.717) is 11.3 Å². The lowest BCUT2D eigenvalue weighted by atomic mass is 9.99. The fourth-order valence-electron chi connectivity index (χ4n) is 4.24. The minimum atomic E-state index is -0.932. The van der Waals surface area contributed by atoms with Crippen LogP contribution >= 0.6 is 11.8 Å². The number of rotatable bonds is 3. The van der Waals surface area contributed by atoms with Crippen LogP contribution < -0.4 is 0 Å². The Balaban J connectivity index is 1.51. The standard InChI is InChI=1S/C22H20F3N4S/c1-13-28(12-18(30-13)14-4-6-15(23)7-5-14)29-11-3-10-22(29,2)21-26-17-9-8-16(24)19(25)20(17)27-21/h4-9,13H,3,10-11H2,1-2H3,(H,26,27)/t13?,22-/m0/s1. The van der Waals surface area contributed by atoms with Gasteiger partial charge in [-0.1, -0.05) is 23.9 Å². The molecule has 1 fully saturated rings. The van der Waals surface area contributed by atoms with Crippen LogP contribution in [-0.4, -0.2) is 31.9 Å². The summed E-state index contributed by atoms with van der Waals surface area (Å²) in [6.45, 7) is 4.93. The van der Waals surface area contributed by atoms with Gasteiger partial charge in [-0.3, -0.25) is 5.01 Å². The molecule has 3 aromatic rings. The Morgan fingerprint density at radius 3 is 2.70 bits per heavy atom. The van der Waals surface area contributed by atoms with Crippen molar-refractivity contribution in [3.8, 4) is 0 Å². The number of nitrogens with one attached hydrogen (secondary N) is 1. The SMILES string of the molecule is CC1SC(c2ccc(F)cc2)=[C]N1N1CCC[C@@]1(C)c1nc2c(F)c(F)ccc2[nH]1. The number of nitrogens with zero attached hydrogens (tertiary/aromatic N) is 3. The molecule has 4 nitrogen and oxygen atoms in total. The molecule has 2 aliphatic heterocycles. The maximum atomic E-state index is 14.2. The number of aromatic amines is 1.